The van der Waals surface area contributed by atoms with E-state index in [0.29, 0.717) is 5.02 Å². The molecule has 0 saturated carbocycles. The Balaban J connectivity index is 2.20. The molecule has 2 atom stereocenters. The molecule has 0 aliphatic carbocycles. The summed E-state index contributed by atoms with van der Waals surface area (Å²) in [6.45, 7) is 3.48. The maximum absolute atomic E-state index is 11.3. The molecule has 2 unspecified atom stereocenters. The molecular weight excluding hydrogens is 226 g/mol. The lowest BCUT2D eigenvalue weighted by Crippen LogP contribution is -2.30. The van der Waals surface area contributed by atoms with E-state index >= 15 is 0 Å². The molecule has 1 aliphatic heterocycles. The minimum absolute atomic E-state index is 0.0675. The van der Waals surface area contributed by atoms with Crippen LogP contribution >= 0.6 is 11.6 Å². The van der Waals surface area contributed by atoms with Crippen molar-refractivity contribution in [2.24, 2.45) is 0 Å². The lowest BCUT2D eigenvalue weighted by atomic mass is 10.0. The van der Waals surface area contributed by atoms with E-state index in [0.717, 1.165) is 12.0 Å². The third-order valence-corrected chi connectivity index (χ3v) is 3.10. The predicted molar refractivity (Wildman–Crippen MR) is 61.9 cm³/mol. The van der Waals surface area contributed by atoms with Crippen molar-refractivity contribution in [3.05, 3.63) is 34.9 Å². The summed E-state index contributed by atoms with van der Waals surface area (Å²) in [4.78, 5) is 16.9. The molecule has 1 heterocycles. The van der Waals surface area contributed by atoms with Gasteiger partial charge in [-0.05, 0) is 13.0 Å². The van der Waals surface area contributed by atoms with Crippen LogP contribution < -0.4 is 0 Å². The lowest BCUT2D eigenvalue weighted by molar-refractivity contribution is -0.185. The summed E-state index contributed by atoms with van der Waals surface area (Å²) in [5, 5.41) is 2.11. The van der Waals surface area contributed by atoms with Crippen LogP contribution in [-0.4, -0.2) is 17.0 Å². The first-order chi connectivity index (χ1) is 7.59. The van der Waals surface area contributed by atoms with Gasteiger partial charge in [-0.1, -0.05) is 29.8 Å². The van der Waals surface area contributed by atoms with Gasteiger partial charge in [-0.25, -0.2) is 5.06 Å². The molecule has 1 fully saturated rings. The lowest BCUT2D eigenvalue weighted by Gasteiger charge is -2.17. The first-order valence-corrected chi connectivity index (χ1v) is 5.68. The zero-order valence-corrected chi connectivity index (χ0v) is 10.1. The molecule has 0 N–H and O–H groups in total. The molecule has 0 bridgehead atoms. The largest absolute Gasteiger partial charge is 0.273 e. The fraction of sp³-hybridized carbons (Fsp3) is 0.417. The number of rotatable bonds is 1. The SMILES string of the molecule is CC(=O)N1OC(c2ccccc2Cl)CC1C. The van der Waals surface area contributed by atoms with Crippen molar-refractivity contribution >= 4 is 17.5 Å². The van der Waals surface area contributed by atoms with Crippen molar-refractivity contribution in [1.82, 2.24) is 5.06 Å². The molecule has 1 amide bonds. The van der Waals surface area contributed by atoms with Crippen LogP contribution in [-0.2, 0) is 9.63 Å². The van der Waals surface area contributed by atoms with E-state index in [1.807, 2.05) is 31.2 Å². The average molecular weight is 240 g/mol. The van der Waals surface area contributed by atoms with Crippen molar-refractivity contribution in [2.45, 2.75) is 32.4 Å². The Morgan fingerprint density at radius 2 is 2.19 bits per heavy atom. The average Bonchev–Trinajstić information content (AvgIpc) is 2.61. The first kappa shape index (κ1) is 11.4. The molecule has 1 aliphatic rings. The first-order valence-electron chi connectivity index (χ1n) is 5.30. The predicted octanol–water partition coefficient (Wildman–Crippen LogP) is 2.95. The maximum Gasteiger partial charge on any atom is 0.243 e. The minimum atomic E-state index is -0.118. The summed E-state index contributed by atoms with van der Waals surface area (Å²) >= 11 is 6.10. The normalized spacial score (nSPS) is 24.8. The van der Waals surface area contributed by atoms with Crippen molar-refractivity contribution in [2.75, 3.05) is 0 Å². The molecule has 1 aromatic carbocycles. The topological polar surface area (TPSA) is 29.5 Å². The quantitative estimate of drug-likeness (QED) is 0.754. The zero-order valence-electron chi connectivity index (χ0n) is 9.31. The highest BCUT2D eigenvalue weighted by Crippen LogP contribution is 2.36. The van der Waals surface area contributed by atoms with E-state index in [1.165, 1.54) is 12.0 Å². The smallest absolute Gasteiger partial charge is 0.243 e. The van der Waals surface area contributed by atoms with Crippen LogP contribution in [0.2, 0.25) is 5.02 Å². The summed E-state index contributed by atoms with van der Waals surface area (Å²) in [5.41, 5.74) is 0.944. The highest BCUT2D eigenvalue weighted by molar-refractivity contribution is 6.31. The molecule has 16 heavy (non-hydrogen) atoms. The number of benzene rings is 1. The Morgan fingerprint density at radius 1 is 1.50 bits per heavy atom. The molecule has 86 valence electrons. The van der Waals surface area contributed by atoms with E-state index in [9.17, 15) is 4.79 Å². The molecule has 0 radical (unpaired) electrons. The van der Waals surface area contributed by atoms with Crippen LogP contribution in [0.1, 0.15) is 31.9 Å². The van der Waals surface area contributed by atoms with Gasteiger partial charge >= 0.3 is 0 Å². The fourth-order valence-electron chi connectivity index (χ4n) is 1.99. The van der Waals surface area contributed by atoms with Crippen LogP contribution in [0.4, 0.5) is 0 Å². The summed E-state index contributed by atoms with van der Waals surface area (Å²) in [6.07, 6.45) is 0.663. The second-order valence-corrected chi connectivity index (χ2v) is 4.45. The van der Waals surface area contributed by atoms with Gasteiger partial charge in [-0.3, -0.25) is 9.63 Å². The van der Waals surface area contributed by atoms with Crippen molar-refractivity contribution < 1.29 is 9.63 Å². The van der Waals surface area contributed by atoms with Gasteiger partial charge in [0.15, 0.2) is 0 Å². The Morgan fingerprint density at radius 3 is 2.75 bits per heavy atom. The van der Waals surface area contributed by atoms with Gasteiger partial charge in [-0.2, -0.15) is 0 Å². The molecule has 1 saturated heterocycles. The molecule has 3 nitrogen and oxygen atoms in total. The highest BCUT2D eigenvalue weighted by Gasteiger charge is 2.33. The van der Waals surface area contributed by atoms with E-state index in [2.05, 4.69) is 0 Å². The van der Waals surface area contributed by atoms with Gasteiger partial charge in [0.25, 0.3) is 0 Å². The third kappa shape index (κ3) is 2.06. The minimum Gasteiger partial charge on any atom is -0.273 e. The van der Waals surface area contributed by atoms with Gasteiger partial charge in [0.05, 0.1) is 6.04 Å². The summed E-state index contributed by atoms with van der Waals surface area (Å²) in [7, 11) is 0. The summed E-state index contributed by atoms with van der Waals surface area (Å²) in [6, 6.07) is 7.67. The Kier molecular flexibility index (Phi) is 3.17. The number of halogens is 1. The van der Waals surface area contributed by atoms with Crippen molar-refractivity contribution in [3.63, 3.8) is 0 Å². The standard InChI is InChI=1S/C12H14ClNO2/c1-8-7-12(16-14(8)9(2)15)10-5-3-4-6-11(10)13/h3-6,8,12H,7H2,1-2H3. The van der Waals surface area contributed by atoms with Crippen LogP contribution in [0.3, 0.4) is 0 Å². The van der Waals surface area contributed by atoms with Crippen LogP contribution in [0, 0.1) is 0 Å². The van der Waals surface area contributed by atoms with Crippen LogP contribution in [0.15, 0.2) is 24.3 Å². The molecule has 2 rings (SSSR count). The van der Waals surface area contributed by atoms with Crippen molar-refractivity contribution in [3.8, 4) is 0 Å². The van der Waals surface area contributed by atoms with Gasteiger partial charge in [0.2, 0.25) is 5.91 Å². The van der Waals surface area contributed by atoms with Crippen LogP contribution in [0.5, 0.6) is 0 Å². The monoisotopic (exact) mass is 239 g/mol. The number of nitrogens with zero attached hydrogens (tertiary/aromatic N) is 1. The Labute approximate surface area is 99.9 Å². The van der Waals surface area contributed by atoms with Gasteiger partial charge in [0.1, 0.15) is 6.10 Å². The zero-order chi connectivity index (χ0) is 11.7. The Hall–Kier alpha value is -1.06. The molecule has 0 spiro atoms. The third-order valence-electron chi connectivity index (χ3n) is 2.76. The van der Waals surface area contributed by atoms with Crippen molar-refractivity contribution in [1.29, 1.82) is 0 Å². The molecule has 0 aromatic heterocycles. The number of hydrogen-bond acceptors (Lipinski definition) is 2. The Bertz CT molecular complexity index is 408. The molecule has 4 heteroatoms. The number of hydrogen-bond donors (Lipinski definition) is 0. The number of carbonyl (C=O) groups excluding carboxylic acids is 1. The maximum atomic E-state index is 11.3. The number of amides is 1. The van der Waals surface area contributed by atoms with Crippen LogP contribution in [0.25, 0.3) is 0 Å². The molecule has 1 aromatic rings. The van der Waals surface area contributed by atoms with E-state index < -0.39 is 0 Å². The van der Waals surface area contributed by atoms with Gasteiger partial charge in [0, 0.05) is 23.9 Å². The number of carbonyl (C=O) groups is 1. The van der Waals surface area contributed by atoms with E-state index in [4.69, 9.17) is 16.4 Å². The van der Waals surface area contributed by atoms with Gasteiger partial charge in [-0.15, -0.1) is 0 Å². The summed E-state index contributed by atoms with van der Waals surface area (Å²) < 4.78 is 0. The number of hydroxylamine groups is 2. The fourth-order valence-corrected chi connectivity index (χ4v) is 2.25. The summed E-state index contributed by atoms with van der Waals surface area (Å²) in [5.74, 6) is -0.0675. The van der Waals surface area contributed by atoms with Gasteiger partial charge < -0.3 is 0 Å². The van der Waals surface area contributed by atoms with E-state index in [1.54, 1.807) is 0 Å². The molecular formula is C12H14ClNO2. The second kappa shape index (κ2) is 4.44. The van der Waals surface area contributed by atoms with E-state index in [-0.39, 0.29) is 18.1 Å². The highest BCUT2D eigenvalue weighted by atomic mass is 35.5. The second-order valence-electron chi connectivity index (χ2n) is 4.05.